The van der Waals surface area contributed by atoms with Crippen LogP contribution in [0.1, 0.15) is 0 Å². The lowest BCUT2D eigenvalue weighted by molar-refractivity contribution is 0.979. The van der Waals surface area contributed by atoms with Crippen LogP contribution in [-0.2, 0) is 0 Å². The van der Waals surface area contributed by atoms with Gasteiger partial charge in [-0.1, -0.05) is 23.4 Å². The Kier molecular flexibility index (Phi) is 2.34. The third kappa shape index (κ3) is 1.52. The molecule has 0 saturated heterocycles. The van der Waals surface area contributed by atoms with Crippen LogP contribution >= 0.6 is 23.4 Å². The maximum atomic E-state index is 5.58. The summed E-state index contributed by atoms with van der Waals surface area (Å²) in [6.45, 7) is 0. The standard InChI is InChI=1S/C5H6ClN3S/c1-10-5-8-2-3(6)4(7)9-5/h2H,1H3,(H2,7,8,9). The molecule has 0 saturated carbocycles. The van der Waals surface area contributed by atoms with Crippen LogP contribution in [0.4, 0.5) is 5.82 Å². The van der Waals surface area contributed by atoms with Gasteiger partial charge in [-0.05, 0) is 6.26 Å². The number of thioether (sulfide) groups is 1. The summed E-state index contributed by atoms with van der Waals surface area (Å²) in [7, 11) is 0. The highest BCUT2D eigenvalue weighted by Crippen LogP contribution is 2.17. The van der Waals surface area contributed by atoms with E-state index in [4.69, 9.17) is 17.3 Å². The molecule has 54 valence electrons. The molecule has 5 heteroatoms. The number of halogens is 1. The van der Waals surface area contributed by atoms with E-state index in [-0.39, 0.29) is 0 Å². The maximum Gasteiger partial charge on any atom is 0.189 e. The van der Waals surface area contributed by atoms with Crippen molar-refractivity contribution >= 4 is 29.2 Å². The van der Waals surface area contributed by atoms with E-state index in [2.05, 4.69) is 9.97 Å². The van der Waals surface area contributed by atoms with Gasteiger partial charge in [0.25, 0.3) is 0 Å². The van der Waals surface area contributed by atoms with Crippen LogP contribution in [0, 0.1) is 0 Å². The fourth-order valence-corrected chi connectivity index (χ4v) is 0.900. The van der Waals surface area contributed by atoms with Gasteiger partial charge in [0.2, 0.25) is 0 Å². The predicted octanol–water partition coefficient (Wildman–Crippen LogP) is 1.43. The van der Waals surface area contributed by atoms with Gasteiger partial charge in [0.1, 0.15) is 10.8 Å². The maximum absolute atomic E-state index is 5.58. The molecular weight excluding hydrogens is 170 g/mol. The smallest absolute Gasteiger partial charge is 0.189 e. The second kappa shape index (κ2) is 3.07. The van der Waals surface area contributed by atoms with Gasteiger partial charge >= 0.3 is 0 Å². The predicted molar refractivity (Wildman–Crippen MR) is 43.2 cm³/mol. The Morgan fingerprint density at radius 1 is 1.70 bits per heavy atom. The zero-order chi connectivity index (χ0) is 7.56. The molecule has 0 aliphatic rings. The van der Waals surface area contributed by atoms with Crippen molar-refractivity contribution in [1.82, 2.24) is 9.97 Å². The summed E-state index contributed by atoms with van der Waals surface area (Å²) in [6.07, 6.45) is 3.37. The van der Waals surface area contributed by atoms with Crippen LogP contribution < -0.4 is 5.73 Å². The number of anilines is 1. The normalized spacial score (nSPS) is 9.80. The van der Waals surface area contributed by atoms with Crippen molar-refractivity contribution in [3.63, 3.8) is 0 Å². The molecule has 1 aromatic heterocycles. The lowest BCUT2D eigenvalue weighted by atomic mass is 10.6. The highest BCUT2D eigenvalue weighted by atomic mass is 35.5. The molecular formula is C5H6ClN3S. The van der Waals surface area contributed by atoms with Crippen molar-refractivity contribution in [3.05, 3.63) is 11.2 Å². The van der Waals surface area contributed by atoms with Gasteiger partial charge in [0.15, 0.2) is 5.16 Å². The van der Waals surface area contributed by atoms with Crippen molar-refractivity contribution in [2.75, 3.05) is 12.0 Å². The van der Waals surface area contributed by atoms with Crippen LogP contribution in [-0.4, -0.2) is 16.2 Å². The first-order valence-electron chi connectivity index (χ1n) is 2.56. The fourth-order valence-electron chi connectivity index (χ4n) is 0.462. The SMILES string of the molecule is CSc1ncc(Cl)c(N)n1. The largest absolute Gasteiger partial charge is 0.382 e. The molecule has 0 spiro atoms. The summed E-state index contributed by atoms with van der Waals surface area (Å²) in [4.78, 5) is 7.79. The van der Waals surface area contributed by atoms with Crippen LogP contribution in [0.2, 0.25) is 5.02 Å². The summed E-state index contributed by atoms with van der Waals surface area (Å²) in [6, 6.07) is 0. The van der Waals surface area contributed by atoms with Crippen molar-refractivity contribution in [1.29, 1.82) is 0 Å². The van der Waals surface area contributed by atoms with E-state index in [0.29, 0.717) is 16.0 Å². The molecule has 1 heterocycles. The molecule has 0 amide bonds. The summed E-state index contributed by atoms with van der Waals surface area (Å²) in [5.74, 6) is 0.334. The number of nitrogens with two attached hydrogens (primary N) is 1. The minimum Gasteiger partial charge on any atom is -0.382 e. The van der Waals surface area contributed by atoms with Gasteiger partial charge in [0.05, 0.1) is 6.20 Å². The zero-order valence-electron chi connectivity index (χ0n) is 5.34. The van der Waals surface area contributed by atoms with Crippen molar-refractivity contribution in [3.8, 4) is 0 Å². The molecule has 1 aromatic rings. The zero-order valence-corrected chi connectivity index (χ0v) is 6.91. The second-order valence-electron chi connectivity index (χ2n) is 1.59. The molecule has 2 N–H and O–H groups in total. The Morgan fingerprint density at radius 2 is 2.40 bits per heavy atom. The molecule has 0 fully saturated rings. The van der Waals surface area contributed by atoms with Crippen LogP contribution in [0.3, 0.4) is 0 Å². The van der Waals surface area contributed by atoms with Gasteiger partial charge < -0.3 is 5.73 Å². The molecule has 10 heavy (non-hydrogen) atoms. The second-order valence-corrected chi connectivity index (χ2v) is 2.77. The summed E-state index contributed by atoms with van der Waals surface area (Å²) >= 11 is 7.01. The third-order valence-electron chi connectivity index (χ3n) is 0.932. The summed E-state index contributed by atoms with van der Waals surface area (Å²) in [5, 5.41) is 1.04. The molecule has 0 aliphatic carbocycles. The first-order chi connectivity index (χ1) is 4.74. The minimum atomic E-state index is 0.334. The Morgan fingerprint density at radius 3 is 2.90 bits per heavy atom. The van der Waals surface area contributed by atoms with E-state index in [1.807, 2.05) is 6.26 Å². The summed E-state index contributed by atoms with van der Waals surface area (Å²) in [5.41, 5.74) is 5.40. The van der Waals surface area contributed by atoms with E-state index in [0.717, 1.165) is 0 Å². The van der Waals surface area contributed by atoms with E-state index in [1.165, 1.54) is 18.0 Å². The number of hydrogen-bond donors (Lipinski definition) is 1. The Labute approximate surface area is 68.0 Å². The monoisotopic (exact) mass is 175 g/mol. The Balaban J connectivity index is 3.04. The van der Waals surface area contributed by atoms with Gasteiger partial charge in [-0.25, -0.2) is 9.97 Å². The van der Waals surface area contributed by atoms with Gasteiger partial charge in [-0.3, -0.25) is 0 Å². The van der Waals surface area contributed by atoms with Crippen LogP contribution in [0.5, 0.6) is 0 Å². The van der Waals surface area contributed by atoms with Crippen LogP contribution in [0.25, 0.3) is 0 Å². The van der Waals surface area contributed by atoms with Crippen LogP contribution in [0.15, 0.2) is 11.4 Å². The molecule has 0 radical (unpaired) electrons. The highest BCUT2D eigenvalue weighted by molar-refractivity contribution is 7.98. The molecule has 0 atom stereocenters. The highest BCUT2D eigenvalue weighted by Gasteiger charge is 1.98. The molecule has 0 unspecified atom stereocenters. The van der Waals surface area contributed by atoms with E-state index >= 15 is 0 Å². The Bertz CT molecular complexity index is 240. The number of nitrogens with zero attached hydrogens (tertiary/aromatic N) is 2. The quantitative estimate of drug-likeness (QED) is 0.518. The first kappa shape index (κ1) is 7.63. The fraction of sp³-hybridized carbons (Fsp3) is 0.200. The van der Waals surface area contributed by atoms with E-state index < -0.39 is 0 Å². The van der Waals surface area contributed by atoms with Gasteiger partial charge in [-0.2, -0.15) is 0 Å². The number of hydrogen-bond acceptors (Lipinski definition) is 4. The molecule has 0 aliphatic heterocycles. The lowest BCUT2D eigenvalue weighted by Gasteiger charge is -1.96. The first-order valence-corrected chi connectivity index (χ1v) is 4.16. The molecule has 1 rings (SSSR count). The average molecular weight is 176 g/mol. The van der Waals surface area contributed by atoms with Gasteiger partial charge in [-0.15, -0.1) is 0 Å². The summed E-state index contributed by atoms with van der Waals surface area (Å²) < 4.78 is 0. The molecule has 0 bridgehead atoms. The molecule has 3 nitrogen and oxygen atoms in total. The number of nitrogen functional groups attached to an aromatic ring is 1. The van der Waals surface area contributed by atoms with Crippen molar-refractivity contribution in [2.45, 2.75) is 5.16 Å². The molecule has 0 aromatic carbocycles. The number of aromatic nitrogens is 2. The Hall–Kier alpha value is -0.480. The van der Waals surface area contributed by atoms with Crippen molar-refractivity contribution in [2.24, 2.45) is 0 Å². The minimum absolute atomic E-state index is 0.334. The third-order valence-corrected chi connectivity index (χ3v) is 1.78. The topological polar surface area (TPSA) is 51.8 Å². The van der Waals surface area contributed by atoms with Gasteiger partial charge in [0, 0.05) is 0 Å². The average Bonchev–Trinajstić information content (AvgIpc) is 1.95. The van der Waals surface area contributed by atoms with Crippen molar-refractivity contribution < 1.29 is 0 Å². The van der Waals surface area contributed by atoms with E-state index in [9.17, 15) is 0 Å². The lowest BCUT2D eigenvalue weighted by Crippen LogP contribution is -1.94. The van der Waals surface area contributed by atoms with E-state index in [1.54, 1.807) is 0 Å². The number of rotatable bonds is 1.